The van der Waals surface area contributed by atoms with Crippen molar-refractivity contribution in [3.05, 3.63) is 29.6 Å². The molecule has 1 aromatic rings. The number of urea groups is 1. The topological polar surface area (TPSA) is 144 Å². The molecule has 1 unspecified atom stereocenters. The summed E-state index contributed by atoms with van der Waals surface area (Å²) < 4.78 is 37.8. The number of hydrogen-bond donors (Lipinski definition) is 3. The molecule has 0 heterocycles. The molecule has 0 aromatic heterocycles. The van der Waals surface area contributed by atoms with Gasteiger partial charge in [-0.3, -0.25) is 10.1 Å². The van der Waals surface area contributed by atoms with Crippen molar-refractivity contribution in [2.45, 2.75) is 17.1 Å². The van der Waals surface area contributed by atoms with Gasteiger partial charge >= 0.3 is 12.0 Å². The summed E-state index contributed by atoms with van der Waals surface area (Å²) in [4.78, 5) is 31.8. The predicted molar refractivity (Wildman–Crippen MR) is 67.7 cm³/mol. The zero-order valence-electron chi connectivity index (χ0n) is 10.7. The van der Waals surface area contributed by atoms with E-state index in [9.17, 15) is 27.2 Å². The minimum atomic E-state index is -4.53. The number of nitrogens with one attached hydrogen (secondary N) is 1. The largest absolute Gasteiger partial charge is 0.478 e. The molecule has 21 heavy (non-hydrogen) atoms. The average Bonchev–Trinajstić information content (AvgIpc) is 2.36. The highest BCUT2D eigenvalue weighted by atomic mass is 32.2. The number of aromatic carboxylic acids is 1. The summed E-state index contributed by atoms with van der Waals surface area (Å²) in [5.74, 6) is -3.91. The Morgan fingerprint density at radius 2 is 1.90 bits per heavy atom. The summed E-state index contributed by atoms with van der Waals surface area (Å²) in [7, 11) is -4.53. The molecule has 0 aliphatic rings. The molecule has 0 aliphatic heterocycles. The number of rotatable bonds is 4. The van der Waals surface area contributed by atoms with Gasteiger partial charge < -0.3 is 10.8 Å². The number of carboxylic acid groups (broad SMARTS) is 1. The minimum absolute atomic E-state index is 0.461. The lowest BCUT2D eigenvalue weighted by Crippen LogP contribution is -2.43. The molecule has 0 aliphatic carbocycles. The maximum absolute atomic E-state index is 13.6. The molecule has 4 N–H and O–H groups in total. The van der Waals surface area contributed by atoms with E-state index in [1.807, 2.05) is 0 Å². The lowest BCUT2D eigenvalue weighted by atomic mass is 10.2. The molecule has 0 bridgehead atoms. The Bertz CT molecular complexity index is 715. The second-order valence-electron chi connectivity index (χ2n) is 3.99. The Labute approximate surface area is 118 Å². The van der Waals surface area contributed by atoms with Gasteiger partial charge in [-0.2, -0.15) is 0 Å². The van der Waals surface area contributed by atoms with Gasteiger partial charge in [0.15, 0.2) is 9.84 Å². The predicted octanol–water partition coefficient (Wildman–Crippen LogP) is -0.119. The van der Waals surface area contributed by atoms with E-state index in [0.29, 0.717) is 12.1 Å². The van der Waals surface area contributed by atoms with Crippen LogP contribution in [0.5, 0.6) is 0 Å². The first kappa shape index (κ1) is 16.6. The van der Waals surface area contributed by atoms with Crippen molar-refractivity contribution in [1.29, 1.82) is 0 Å². The first-order valence-corrected chi connectivity index (χ1v) is 6.99. The van der Waals surface area contributed by atoms with Crippen molar-refractivity contribution < 1.29 is 32.3 Å². The number of sulfone groups is 1. The van der Waals surface area contributed by atoms with Crippen molar-refractivity contribution in [3.8, 4) is 0 Å². The van der Waals surface area contributed by atoms with Gasteiger partial charge in [-0.15, -0.1) is 0 Å². The molecule has 3 amide bonds. The van der Waals surface area contributed by atoms with Gasteiger partial charge in [0.1, 0.15) is 16.0 Å². The zero-order chi connectivity index (χ0) is 16.4. The molecule has 1 rings (SSSR count). The normalized spacial score (nSPS) is 12.5. The van der Waals surface area contributed by atoms with Crippen LogP contribution in [-0.2, 0) is 14.6 Å². The number of benzene rings is 1. The van der Waals surface area contributed by atoms with E-state index >= 15 is 0 Å². The standard InChI is InChI=1S/C11H11FN2O6S/c1-5(9(15)14-11(13)18)21(19,20)8-4-6(10(16)17)2-3-7(8)12/h2-5H,1H3,(H,16,17)(H3,13,14,15,18). The van der Waals surface area contributed by atoms with Gasteiger partial charge in [0.2, 0.25) is 5.91 Å². The van der Waals surface area contributed by atoms with E-state index in [4.69, 9.17) is 5.11 Å². The fraction of sp³-hybridized carbons (Fsp3) is 0.182. The van der Waals surface area contributed by atoms with E-state index in [-0.39, 0.29) is 0 Å². The maximum atomic E-state index is 13.6. The van der Waals surface area contributed by atoms with Crippen LogP contribution in [0, 0.1) is 5.82 Å². The molecule has 10 heteroatoms. The highest BCUT2D eigenvalue weighted by Gasteiger charge is 2.33. The van der Waals surface area contributed by atoms with Crippen LogP contribution in [0.4, 0.5) is 9.18 Å². The molecular formula is C11H11FN2O6S. The van der Waals surface area contributed by atoms with Crippen molar-refractivity contribution >= 4 is 27.7 Å². The molecule has 1 atom stereocenters. The van der Waals surface area contributed by atoms with Crippen LogP contribution in [-0.4, -0.2) is 36.7 Å². The molecule has 0 saturated carbocycles. The molecule has 0 fully saturated rings. The number of halogens is 1. The van der Waals surface area contributed by atoms with E-state index < -0.39 is 49.3 Å². The first-order valence-electron chi connectivity index (χ1n) is 5.44. The number of imide groups is 1. The summed E-state index contributed by atoms with van der Waals surface area (Å²) in [6.45, 7) is 0.917. The van der Waals surface area contributed by atoms with Gasteiger partial charge in [0.25, 0.3) is 0 Å². The van der Waals surface area contributed by atoms with Gasteiger partial charge in [-0.1, -0.05) is 0 Å². The van der Waals surface area contributed by atoms with Crippen molar-refractivity contribution in [1.82, 2.24) is 5.32 Å². The molecule has 0 saturated heterocycles. The average molecular weight is 318 g/mol. The van der Waals surface area contributed by atoms with E-state index in [2.05, 4.69) is 5.73 Å². The van der Waals surface area contributed by atoms with Crippen LogP contribution in [0.2, 0.25) is 0 Å². The summed E-state index contributed by atoms with van der Waals surface area (Å²) in [6.07, 6.45) is 0. The lowest BCUT2D eigenvalue weighted by molar-refractivity contribution is -0.119. The third-order valence-corrected chi connectivity index (χ3v) is 4.64. The van der Waals surface area contributed by atoms with E-state index in [1.54, 1.807) is 5.32 Å². The summed E-state index contributed by atoms with van der Waals surface area (Å²) >= 11 is 0. The number of primary amides is 1. The highest BCUT2D eigenvalue weighted by molar-refractivity contribution is 7.92. The van der Waals surface area contributed by atoms with E-state index in [1.165, 1.54) is 0 Å². The van der Waals surface area contributed by atoms with Crippen LogP contribution in [0.1, 0.15) is 17.3 Å². The smallest absolute Gasteiger partial charge is 0.335 e. The molecule has 114 valence electrons. The van der Waals surface area contributed by atoms with Crippen molar-refractivity contribution in [3.63, 3.8) is 0 Å². The van der Waals surface area contributed by atoms with Crippen molar-refractivity contribution in [2.75, 3.05) is 0 Å². The monoisotopic (exact) mass is 318 g/mol. The summed E-state index contributed by atoms with van der Waals surface area (Å²) in [6, 6.07) is 0.878. The molecular weight excluding hydrogens is 307 g/mol. The quantitative estimate of drug-likeness (QED) is 0.706. The van der Waals surface area contributed by atoms with Gasteiger partial charge in [0.05, 0.1) is 5.56 Å². The Kier molecular flexibility index (Phi) is 4.63. The minimum Gasteiger partial charge on any atom is -0.478 e. The van der Waals surface area contributed by atoms with Gasteiger partial charge in [0, 0.05) is 0 Å². The molecule has 0 spiro atoms. The fourth-order valence-electron chi connectivity index (χ4n) is 1.41. The van der Waals surface area contributed by atoms with E-state index in [0.717, 1.165) is 13.0 Å². The number of nitrogens with two attached hydrogens (primary N) is 1. The molecule has 1 aromatic carbocycles. The Morgan fingerprint density at radius 3 is 2.38 bits per heavy atom. The molecule has 0 radical (unpaired) electrons. The van der Waals surface area contributed by atoms with Crippen LogP contribution in [0.3, 0.4) is 0 Å². The van der Waals surface area contributed by atoms with Crippen LogP contribution >= 0.6 is 0 Å². The first-order chi connectivity index (χ1) is 9.57. The second kappa shape index (κ2) is 5.87. The Morgan fingerprint density at radius 1 is 1.33 bits per heavy atom. The number of amides is 3. The number of carboxylic acids is 1. The number of carbonyl (C=O) groups is 3. The Balaban J connectivity index is 3.30. The van der Waals surface area contributed by atoms with Gasteiger partial charge in [-0.25, -0.2) is 22.4 Å². The third kappa shape index (κ3) is 3.54. The lowest BCUT2D eigenvalue weighted by Gasteiger charge is -2.13. The highest BCUT2D eigenvalue weighted by Crippen LogP contribution is 2.21. The summed E-state index contributed by atoms with van der Waals surface area (Å²) in [5, 5.41) is 8.50. The SMILES string of the molecule is CC(C(=O)NC(N)=O)S(=O)(=O)c1cc(C(=O)O)ccc1F. The van der Waals surface area contributed by atoms with Gasteiger partial charge in [-0.05, 0) is 25.1 Å². The Hall–Kier alpha value is -2.49. The third-order valence-electron chi connectivity index (χ3n) is 2.57. The van der Waals surface area contributed by atoms with Crippen LogP contribution in [0.15, 0.2) is 23.1 Å². The second-order valence-corrected chi connectivity index (χ2v) is 6.23. The number of hydrogen-bond acceptors (Lipinski definition) is 5. The molecule has 8 nitrogen and oxygen atoms in total. The van der Waals surface area contributed by atoms with Crippen LogP contribution in [0.25, 0.3) is 0 Å². The number of carbonyl (C=O) groups excluding carboxylic acids is 2. The zero-order valence-corrected chi connectivity index (χ0v) is 11.5. The maximum Gasteiger partial charge on any atom is 0.335 e. The van der Waals surface area contributed by atoms with Crippen molar-refractivity contribution in [2.24, 2.45) is 5.73 Å². The summed E-state index contributed by atoms with van der Waals surface area (Å²) in [5.41, 5.74) is 4.23. The van der Waals surface area contributed by atoms with Crippen LogP contribution < -0.4 is 11.1 Å². The fourth-order valence-corrected chi connectivity index (χ4v) is 2.76.